The molecule has 0 amide bonds. The highest BCUT2D eigenvalue weighted by Crippen LogP contribution is 2.40. The first-order valence-corrected chi connectivity index (χ1v) is 11.4. The summed E-state index contributed by atoms with van der Waals surface area (Å²) in [4.78, 5) is 13.1. The summed E-state index contributed by atoms with van der Waals surface area (Å²) in [7, 11) is 4.54. The van der Waals surface area contributed by atoms with Gasteiger partial charge >= 0.3 is 0 Å². The first kappa shape index (κ1) is 22.1. The Morgan fingerprint density at radius 2 is 1.79 bits per heavy atom. The van der Waals surface area contributed by atoms with E-state index in [9.17, 15) is 10.1 Å². The summed E-state index contributed by atoms with van der Waals surface area (Å²) >= 11 is 0. The number of nitriles is 1. The predicted octanol–water partition coefficient (Wildman–Crippen LogP) is 4.78. The topological polar surface area (TPSA) is 67.1 Å². The van der Waals surface area contributed by atoms with E-state index in [4.69, 9.17) is 8.83 Å². The average molecular weight is 467 g/mol. The molecule has 0 bridgehead atoms. The number of carbonyl (C=O) groups is 1. The van der Waals surface area contributed by atoms with Crippen LogP contribution in [-0.4, -0.2) is 13.6 Å². The van der Waals surface area contributed by atoms with Gasteiger partial charge in [0, 0.05) is 40.0 Å². The van der Waals surface area contributed by atoms with Crippen molar-refractivity contribution in [2.75, 3.05) is 0 Å². The van der Waals surface area contributed by atoms with Crippen LogP contribution in [0.25, 0.3) is 34.1 Å². The fraction of sp³-hybridized carbons (Fsp3) is 0.111. The molecule has 0 saturated carbocycles. The lowest BCUT2D eigenvalue weighted by atomic mass is 9.85. The minimum absolute atomic E-state index is 0.158. The predicted molar refractivity (Wildman–Crippen MR) is 138 cm³/mol. The van der Waals surface area contributed by atoms with Gasteiger partial charge in [-0.3, -0.25) is 4.79 Å². The summed E-state index contributed by atoms with van der Waals surface area (Å²) in [6.07, 6.45) is 1.64. The zero-order valence-corrected chi connectivity index (χ0v) is 20.3. The number of halogens is 1. The molecule has 0 saturated heterocycles. The van der Waals surface area contributed by atoms with E-state index >= 15 is 4.39 Å². The van der Waals surface area contributed by atoms with Crippen molar-refractivity contribution in [1.29, 1.82) is 5.26 Å². The summed E-state index contributed by atoms with van der Waals surface area (Å²) in [5.41, 5.74) is 6.35. The molecule has 1 unspecified atom stereocenters. The van der Waals surface area contributed by atoms with E-state index < -0.39 is 0 Å². The second-order valence-electron chi connectivity index (χ2n) is 8.51. The number of carbonyl (C=O) groups excluding carboxylic acids is 1. The number of hydrogen-bond donors (Lipinski definition) is 0. The molecule has 1 atom stereocenters. The molecule has 2 heterocycles. The van der Waals surface area contributed by atoms with Crippen molar-refractivity contribution in [2.45, 2.75) is 20.8 Å². The third kappa shape index (κ3) is 3.20. The Labute approximate surface area is 199 Å². The van der Waals surface area contributed by atoms with E-state index in [-0.39, 0.29) is 11.6 Å². The van der Waals surface area contributed by atoms with Crippen LogP contribution in [0.4, 0.5) is 4.39 Å². The minimum Gasteiger partial charge on any atom is -0.453 e. The molecule has 0 radical (unpaired) electrons. The van der Waals surface area contributed by atoms with Crippen LogP contribution in [0.3, 0.4) is 0 Å². The van der Waals surface area contributed by atoms with Gasteiger partial charge in [-0.05, 0) is 48.8 Å². The van der Waals surface area contributed by atoms with Crippen molar-refractivity contribution in [3.05, 3.63) is 81.4 Å². The highest BCUT2D eigenvalue weighted by Gasteiger charge is 2.31. The molecule has 0 spiro atoms. The number of benzene rings is 2. The highest BCUT2D eigenvalue weighted by atomic mass is 31.0. The van der Waals surface area contributed by atoms with Gasteiger partial charge in [0.2, 0.25) is 0 Å². The van der Waals surface area contributed by atoms with Crippen molar-refractivity contribution in [1.82, 2.24) is 0 Å². The van der Waals surface area contributed by atoms with Crippen LogP contribution in [0.5, 0.6) is 0 Å². The van der Waals surface area contributed by atoms with Crippen LogP contribution in [0.15, 0.2) is 56.4 Å². The maximum absolute atomic E-state index is 15.1. The van der Waals surface area contributed by atoms with E-state index in [2.05, 4.69) is 15.3 Å². The molecule has 2 aromatic heterocycles. The van der Waals surface area contributed by atoms with E-state index in [1.165, 1.54) is 0 Å². The van der Waals surface area contributed by atoms with Gasteiger partial charge in [0.25, 0.3) is 0 Å². The summed E-state index contributed by atoms with van der Waals surface area (Å²) in [5.74, 6) is 0.342. The van der Waals surface area contributed by atoms with Crippen molar-refractivity contribution in [2.24, 2.45) is 0 Å². The third-order valence-electron chi connectivity index (χ3n) is 6.55. The van der Waals surface area contributed by atoms with Gasteiger partial charge in [-0.1, -0.05) is 29.7 Å². The second-order valence-corrected chi connectivity index (χ2v) is 9.09. The Bertz CT molecular complexity index is 1590. The van der Waals surface area contributed by atoms with E-state index in [0.717, 1.165) is 21.9 Å². The number of allylic oxidation sites excluding steroid dienone is 3. The average Bonchev–Trinajstić information content (AvgIpc) is 3.47. The van der Waals surface area contributed by atoms with Crippen LogP contribution in [-0.2, 0) is 0 Å². The normalized spacial score (nSPS) is 15.8. The third-order valence-corrected chi connectivity index (χ3v) is 7.42. The molecule has 1 aliphatic carbocycles. The number of rotatable bonds is 2. The van der Waals surface area contributed by atoms with Crippen molar-refractivity contribution < 1.29 is 18.0 Å². The lowest BCUT2D eigenvalue weighted by molar-refractivity contribution is 0.104. The Morgan fingerprint density at radius 3 is 2.47 bits per heavy atom. The fourth-order valence-electron chi connectivity index (χ4n) is 4.52. The van der Waals surface area contributed by atoms with Crippen molar-refractivity contribution >= 4 is 56.5 Å². The van der Waals surface area contributed by atoms with Gasteiger partial charge in [0.1, 0.15) is 25.2 Å². The Kier molecular flexibility index (Phi) is 5.19. The number of Topliss-reactive ketones (excluding diaryl/α,β-unsaturated/α-hetero) is 1. The van der Waals surface area contributed by atoms with E-state index in [0.29, 0.717) is 56.1 Å². The van der Waals surface area contributed by atoms with Crippen LogP contribution >= 0.6 is 9.24 Å². The number of hydrogen-bond acceptors (Lipinski definition) is 4. The van der Waals surface area contributed by atoms with Gasteiger partial charge in [-0.2, -0.15) is 5.26 Å². The largest absolute Gasteiger partial charge is 0.453 e. The highest BCUT2D eigenvalue weighted by molar-refractivity contribution is 7.28. The van der Waals surface area contributed by atoms with Gasteiger partial charge in [0.05, 0.1) is 6.07 Å². The van der Waals surface area contributed by atoms with Gasteiger partial charge in [0.15, 0.2) is 16.9 Å². The minimum atomic E-state index is -0.309. The molecule has 0 aliphatic heterocycles. The zero-order valence-electron chi connectivity index (χ0n) is 19.2. The molecular weight excluding hydrogens is 447 g/mol. The van der Waals surface area contributed by atoms with Crippen LogP contribution in [0.2, 0.25) is 0 Å². The Morgan fingerprint density at radius 1 is 1.12 bits per heavy atom. The van der Waals surface area contributed by atoms with Crippen LogP contribution in [0, 0.1) is 31.0 Å². The fourth-order valence-corrected chi connectivity index (χ4v) is 4.88. The van der Waals surface area contributed by atoms with Crippen LogP contribution < -0.4 is 10.8 Å². The van der Waals surface area contributed by atoms with Gasteiger partial charge in [-0.25, -0.2) is 4.39 Å². The lowest BCUT2D eigenvalue weighted by Gasteiger charge is -2.14. The Balaban J connectivity index is 1.61. The zero-order chi connectivity index (χ0) is 24.3. The van der Waals surface area contributed by atoms with Crippen LogP contribution in [0.1, 0.15) is 39.7 Å². The monoisotopic (exact) mass is 467 g/mol. The maximum atomic E-state index is 15.1. The smallest absolute Gasteiger partial charge is 0.194 e. The molecule has 4 aromatic rings. The number of nitrogens with zero attached hydrogens (tertiary/aromatic N) is 1. The van der Waals surface area contributed by atoms with E-state index in [1.807, 2.05) is 26.9 Å². The van der Waals surface area contributed by atoms with Gasteiger partial charge < -0.3 is 8.83 Å². The summed E-state index contributed by atoms with van der Waals surface area (Å²) in [5, 5.41) is 10.4. The van der Waals surface area contributed by atoms with Gasteiger partial charge in [-0.15, -0.1) is 9.24 Å². The molecule has 7 heteroatoms. The molecule has 1 aliphatic rings. The second kappa shape index (κ2) is 7.97. The molecule has 2 aromatic carbocycles. The number of furan rings is 2. The first-order valence-electron chi connectivity index (χ1n) is 10.8. The Hall–Kier alpha value is -3.68. The lowest BCUT2D eigenvalue weighted by Crippen LogP contribution is -2.27. The molecule has 34 heavy (non-hydrogen) atoms. The summed E-state index contributed by atoms with van der Waals surface area (Å²) < 4.78 is 27.0. The molecular formula is C27H20BFNO3P. The standard InChI is InChI=1S/C27H20BFNO3P/c1-12(11-30)22-16-6-4-5-7-17(16)26(31)18(22)8-15-9-19-20(32-15)10-21(33-19)23-24(28)27(34)14(3)13(2)25(23)29/h4-10H,28,34H2,1-3H3/b18-8-,22-12-. The summed E-state index contributed by atoms with van der Waals surface area (Å²) in [6, 6.07) is 12.7. The summed E-state index contributed by atoms with van der Waals surface area (Å²) in [6.45, 7) is 5.34. The first-order chi connectivity index (χ1) is 16.2. The molecule has 166 valence electrons. The quantitative estimate of drug-likeness (QED) is 0.184. The van der Waals surface area contributed by atoms with E-state index in [1.54, 1.807) is 44.2 Å². The molecule has 0 N–H and O–H groups in total. The molecule has 0 fully saturated rings. The van der Waals surface area contributed by atoms with Crippen molar-refractivity contribution in [3.63, 3.8) is 0 Å². The number of ketones is 1. The maximum Gasteiger partial charge on any atom is 0.194 e. The SMILES string of the molecule is Bc1c(P)c(C)c(C)c(F)c1-c1cc2oc(/C=C3\C(=O)c4ccccc4\C3=C(/C)C#N)cc2o1. The molecule has 4 nitrogen and oxygen atoms in total. The molecule has 5 rings (SSSR count). The number of fused-ring (bicyclic) bond motifs is 2. The van der Waals surface area contributed by atoms with Crippen molar-refractivity contribution in [3.8, 4) is 17.4 Å².